The van der Waals surface area contributed by atoms with Gasteiger partial charge in [-0.05, 0) is 18.9 Å². The third kappa shape index (κ3) is 12.6. The zero-order valence-corrected chi connectivity index (χ0v) is 27.4. The summed E-state index contributed by atoms with van der Waals surface area (Å²) in [6.07, 6.45) is -0.784. The number of aromatic amines is 1. The first-order valence-electron chi connectivity index (χ1n) is 13.3. The van der Waals surface area contributed by atoms with Crippen LogP contribution in [0.1, 0.15) is 31.1 Å². The van der Waals surface area contributed by atoms with E-state index in [1.54, 1.807) is 0 Å². The van der Waals surface area contributed by atoms with Crippen molar-refractivity contribution in [1.29, 1.82) is 0 Å². The SMILES string of the molecule is O=C(/C=C/c1cn([C@H]2C[C@@H](O)[C@@H](COP(=O)(O)OP(=O)(O)OP(=O)(O)O)O2)c(=O)[nH]c1=O)NCCNC(=O)C1CCN(S(=O)[O-])CC1. The summed E-state index contributed by atoms with van der Waals surface area (Å²) in [6.45, 7) is -0.446. The number of nitrogens with zero attached hydrogens (tertiary/aromatic N) is 2. The van der Waals surface area contributed by atoms with Gasteiger partial charge in [-0.25, -0.2) is 22.8 Å². The number of nitrogens with one attached hydrogen (secondary N) is 3. The number of rotatable bonds is 15. The molecule has 0 aromatic carbocycles. The highest BCUT2D eigenvalue weighted by Crippen LogP contribution is 2.66. The number of aromatic nitrogens is 2. The van der Waals surface area contributed by atoms with Crippen molar-refractivity contribution in [2.24, 2.45) is 5.92 Å². The van der Waals surface area contributed by atoms with E-state index in [0.717, 1.165) is 22.9 Å². The van der Waals surface area contributed by atoms with E-state index in [-0.39, 0.29) is 50.0 Å². The Bertz CT molecular complexity index is 1620. The number of hydrogen-bond acceptors (Lipinski definition) is 14. The monoisotopic (exact) mass is 754 g/mol. The lowest BCUT2D eigenvalue weighted by Gasteiger charge is -2.31. The number of aliphatic hydroxyl groups excluding tert-OH is 1. The molecule has 2 aliphatic rings. The van der Waals surface area contributed by atoms with Crippen LogP contribution in [0.3, 0.4) is 0 Å². The maximum Gasteiger partial charge on any atom is 0.490 e. The number of hydrogen-bond donors (Lipinski definition) is 8. The summed E-state index contributed by atoms with van der Waals surface area (Å²) in [7, 11) is -16.9. The minimum absolute atomic E-state index is 0.0177. The topological polar surface area (TPSA) is 346 Å². The number of piperidine rings is 1. The van der Waals surface area contributed by atoms with E-state index in [4.69, 9.17) is 14.5 Å². The van der Waals surface area contributed by atoms with Gasteiger partial charge >= 0.3 is 29.2 Å². The Kier molecular flexibility index (Phi) is 13.7. The van der Waals surface area contributed by atoms with Gasteiger partial charge in [0.05, 0.1) is 18.3 Å². The predicted molar refractivity (Wildman–Crippen MR) is 154 cm³/mol. The minimum atomic E-state index is -5.78. The van der Waals surface area contributed by atoms with Crippen LogP contribution in [0.5, 0.6) is 0 Å². The first kappa shape index (κ1) is 39.2. The maximum atomic E-state index is 12.4. The molecule has 2 amide bonds. The van der Waals surface area contributed by atoms with Gasteiger partial charge in [0.2, 0.25) is 11.8 Å². The van der Waals surface area contributed by atoms with Crippen molar-refractivity contribution in [3.63, 3.8) is 0 Å². The third-order valence-corrected chi connectivity index (χ3v) is 11.1. The van der Waals surface area contributed by atoms with Crippen molar-refractivity contribution >= 4 is 52.6 Å². The lowest BCUT2D eigenvalue weighted by molar-refractivity contribution is -0.126. The Hall–Kier alpha value is -2.24. The number of carbonyl (C=O) groups excluding carboxylic acids is 2. The summed E-state index contributed by atoms with van der Waals surface area (Å²) in [6, 6.07) is 0. The van der Waals surface area contributed by atoms with Crippen LogP contribution in [0.4, 0.5) is 0 Å². The molecule has 3 unspecified atom stereocenters. The average molecular weight is 754 g/mol. The number of amides is 2. The van der Waals surface area contributed by atoms with Crippen LogP contribution < -0.4 is 21.9 Å². The summed E-state index contributed by atoms with van der Waals surface area (Å²) >= 11 is -2.34. The number of phosphoric ester groups is 1. The molecular formula is C20H31N5O18P3S-. The van der Waals surface area contributed by atoms with E-state index in [1.807, 2.05) is 4.98 Å². The molecule has 2 fully saturated rings. The van der Waals surface area contributed by atoms with Gasteiger partial charge in [-0.15, -0.1) is 0 Å². The van der Waals surface area contributed by atoms with E-state index >= 15 is 0 Å². The smallest absolute Gasteiger partial charge is 0.490 e. The molecule has 27 heteroatoms. The zero-order chi connectivity index (χ0) is 35.2. The van der Waals surface area contributed by atoms with Crippen molar-refractivity contribution in [2.45, 2.75) is 37.7 Å². The summed E-state index contributed by atoms with van der Waals surface area (Å²) in [4.78, 5) is 87.1. The largest absolute Gasteiger partial charge is 0.760 e. The molecule has 0 bridgehead atoms. The molecule has 1 aromatic heterocycles. The lowest BCUT2D eigenvalue weighted by atomic mass is 9.97. The molecule has 266 valence electrons. The van der Waals surface area contributed by atoms with Gasteiger partial charge in [0.15, 0.2) is 0 Å². The number of phosphoric acid groups is 3. The molecular weight excluding hydrogens is 723 g/mol. The molecule has 23 nitrogen and oxygen atoms in total. The van der Waals surface area contributed by atoms with Crippen LogP contribution in [0.2, 0.25) is 0 Å². The molecule has 6 atom stereocenters. The predicted octanol–water partition coefficient (Wildman–Crippen LogP) is -2.72. The molecule has 8 N–H and O–H groups in total. The fourth-order valence-corrected chi connectivity index (χ4v) is 7.89. The number of H-pyrrole nitrogens is 1. The minimum Gasteiger partial charge on any atom is -0.760 e. The van der Waals surface area contributed by atoms with Crippen LogP contribution in [0.15, 0.2) is 21.9 Å². The van der Waals surface area contributed by atoms with Crippen molar-refractivity contribution in [3.05, 3.63) is 38.7 Å². The molecule has 0 saturated carbocycles. The highest BCUT2D eigenvalue weighted by molar-refractivity contribution is 7.76. The number of ether oxygens (including phenoxy) is 1. The Morgan fingerprint density at radius 1 is 1.09 bits per heavy atom. The summed E-state index contributed by atoms with van der Waals surface area (Å²) in [5, 5.41) is 15.4. The summed E-state index contributed by atoms with van der Waals surface area (Å²) in [5.74, 6) is -1.31. The zero-order valence-electron chi connectivity index (χ0n) is 23.9. The molecule has 2 saturated heterocycles. The fourth-order valence-electron chi connectivity index (χ4n) is 4.35. The normalized spacial score (nSPS) is 24.4. The van der Waals surface area contributed by atoms with Crippen LogP contribution >= 0.6 is 23.5 Å². The van der Waals surface area contributed by atoms with Crippen molar-refractivity contribution in [2.75, 3.05) is 32.8 Å². The molecule has 0 aliphatic carbocycles. The maximum absolute atomic E-state index is 12.4. The van der Waals surface area contributed by atoms with Crippen LogP contribution in [0.25, 0.3) is 6.08 Å². The molecule has 0 spiro atoms. The quantitative estimate of drug-likeness (QED) is 0.0390. The number of aliphatic hydroxyl groups is 1. The van der Waals surface area contributed by atoms with Gasteiger partial charge in [0.25, 0.3) is 5.56 Å². The van der Waals surface area contributed by atoms with Gasteiger partial charge in [-0.2, -0.15) is 8.62 Å². The van der Waals surface area contributed by atoms with E-state index in [1.165, 1.54) is 4.31 Å². The Balaban J connectivity index is 1.51. The average Bonchev–Trinajstić information content (AvgIpc) is 3.31. The molecule has 0 radical (unpaired) electrons. The molecule has 3 heterocycles. The van der Waals surface area contributed by atoms with Gasteiger partial charge in [-0.1, -0.05) is 0 Å². The Morgan fingerprint density at radius 2 is 1.72 bits per heavy atom. The second-order valence-electron chi connectivity index (χ2n) is 9.91. The Morgan fingerprint density at radius 3 is 2.34 bits per heavy atom. The van der Waals surface area contributed by atoms with Crippen LogP contribution in [-0.2, 0) is 52.4 Å². The summed E-state index contributed by atoms with van der Waals surface area (Å²) < 4.78 is 75.2. The standard InChI is InChI=1S/C20H32N5O18P3S/c26-14-9-17(41-15(14)11-40-45(34,35)43-46(36,37)42-44(31,32)33)25-10-13(19(29)23-20(25)30)1-2-16(27)21-5-6-22-18(28)12-3-7-24(8-4-12)47(38)39/h1-2,10,12,14-15,17,26H,3-9,11H2,(H,21,27)(H,22,28)(H,34,35)(H,36,37)(H,38,39)(H,23,29,30)(H2,31,32,33)/p-1/b2-1+/t14-,15-,17-/m1/s1. The lowest BCUT2D eigenvalue weighted by Crippen LogP contribution is -2.42. The molecule has 2 aliphatic heterocycles. The third-order valence-electron chi connectivity index (χ3n) is 6.50. The van der Waals surface area contributed by atoms with E-state index in [2.05, 4.69) is 23.8 Å². The molecule has 3 rings (SSSR count). The second-order valence-corrected chi connectivity index (χ2v) is 15.3. The molecule has 47 heavy (non-hydrogen) atoms. The summed E-state index contributed by atoms with van der Waals surface area (Å²) in [5.41, 5.74) is -2.09. The first-order valence-corrected chi connectivity index (χ1v) is 18.9. The van der Waals surface area contributed by atoms with Gasteiger partial charge in [-0.3, -0.25) is 32.7 Å². The van der Waals surface area contributed by atoms with Crippen molar-refractivity contribution in [3.8, 4) is 0 Å². The molecule has 1 aromatic rings. The fraction of sp³-hybridized carbons (Fsp3) is 0.600. The van der Waals surface area contributed by atoms with E-state index in [9.17, 15) is 56.5 Å². The second kappa shape index (κ2) is 16.4. The van der Waals surface area contributed by atoms with Gasteiger partial charge in [0.1, 0.15) is 12.3 Å². The number of carbonyl (C=O) groups is 2. The first-order chi connectivity index (χ1) is 21.7. The van der Waals surface area contributed by atoms with Crippen molar-refractivity contribution in [1.82, 2.24) is 24.5 Å². The highest BCUT2D eigenvalue weighted by atomic mass is 32.2. The Labute approximate surface area is 266 Å². The van der Waals surface area contributed by atoms with E-state index < -0.39 is 76.9 Å². The highest BCUT2D eigenvalue weighted by Gasteiger charge is 2.43. The van der Waals surface area contributed by atoms with Gasteiger partial charge in [0, 0.05) is 62.1 Å². The van der Waals surface area contributed by atoms with Crippen LogP contribution in [0, 0.1) is 5.92 Å². The van der Waals surface area contributed by atoms with Crippen molar-refractivity contribution < 1.29 is 74.6 Å². The van der Waals surface area contributed by atoms with Gasteiger partial charge < -0.3 is 44.6 Å². The van der Waals surface area contributed by atoms with Crippen LogP contribution in [-0.4, -0.2) is 104 Å². The van der Waals surface area contributed by atoms with E-state index in [0.29, 0.717) is 12.8 Å².